The average molecular weight is 340 g/mol. The predicted molar refractivity (Wildman–Crippen MR) is 78.5 cm³/mol. The van der Waals surface area contributed by atoms with Crippen LogP contribution < -0.4 is 4.74 Å². The van der Waals surface area contributed by atoms with Crippen LogP contribution in [0.3, 0.4) is 0 Å². The van der Waals surface area contributed by atoms with Gasteiger partial charge in [0, 0.05) is 16.5 Å². The summed E-state index contributed by atoms with van der Waals surface area (Å²) in [5, 5.41) is 10.8. The summed E-state index contributed by atoms with van der Waals surface area (Å²) in [4.78, 5) is 0. The molecule has 0 aliphatic carbocycles. The van der Waals surface area contributed by atoms with Crippen molar-refractivity contribution < 1.29 is 9.84 Å². The van der Waals surface area contributed by atoms with Crippen molar-refractivity contribution in [2.45, 2.75) is 18.6 Å². The lowest BCUT2D eigenvalue weighted by molar-refractivity contribution is 0.0657. The van der Waals surface area contributed by atoms with Gasteiger partial charge in [0.25, 0.3) is 0 Å². The molecule has 2 aromatic carbocycles. The van der Waals surface area contributed by atoms with E-state index in [0.717, 1.165) is 21.3 Å². The lowest BCUT2D eigenvalue weighted by atomic mass is 9.95. The van der Waals surface area contributed by atoms with Gasteiger partial charge in [0.15, 0.2) is 0 Å². The number of hydrogen-bond acceptors (Lipinski definition) is 2. The van der Waals surface area contributed by atoms with Crippen LogP contribution in [0.1, 0.15) is 29.8 Å². The molecule has 0 saturated carbocycles. The molecule has 2 atom stereocenters. The minimum atomic E-state index is -0.502. The molecule has 2 aromatic rings. The smallest absolute Gasteiger partial charge is 0.127 e. The van der Waals surface area contributed by atoms with E-state index < -0.39 is 6.10 Å². The first-order valence-electron chi connectivity index (χ1n) is 6.04. The Bertz CT molecular complexity index is 615. The van der Waals surface area contributed by atoms with Gasteiger partial charge in [0.2, 0.25) is 0 Å². The summed E-state index contributed by atoms with van der Waals surface area (Å²) in [7, 11) is 0. The normalized spacial score (nSPS) is 21.6. The van der Waals surface area contributed by atoms with Crippen molar-refractivity contribution in [3.05, 3.63) is 63.1 Å². The molecule has 2 nitrogen and oxygen atoms in total. The van der Waals surface area contributed by atoms with Crippen molar-refractivity contribution in [1.82, 2.24) is 0 Å². The third-order valence-electron chi connectivity index (χ3n) is 3.30. The standard InChI is InChI=1S/C15H12BrClO2/c16-11-6-5-9(7-12(11)17)15-8-13(18)10-3-1-2-4-14(10)19-15/h1-7,13,15,18H,8H2. The van der Waals surface area contributed by atoms with E-state index >= 15 is 0 Å². The number of aliphatic hydroxyl groups is 1. The van der Waals surface area contributed by atoms with Gasteiger partial charge in [0.05, 0.1) is 11.1 Å². The van der Waals surface area contributed by atoms with Crippen molar-refractivity contribution in [1.29, 1.82) is 0 Å². The van der Waals surface area contributed by atoms with Crippen LogP contribution in [-0.4, -0.2) is 5.11 Å². The number of ether oxygens (including phenoxy) is 1. The van der Waals surface area contributed by atoms with Gasteiger partial charge < -0.3 is 9.84 Å². The van der Waals surface area contributed by atoms with Crippen LogP contribution in [0.15, 0.2) is 46.9 Å². The van der Waals surface area contributed by atoms with Gasteiger partial charge in [-0.1, -0.05) is 35.9 Å². The lowest BCUT2D eigenvalue weighted by Crippen LogP contribution is -2.18. The number of aliphatic hydroxyl groups excluding tert-OH is 1. The molecule has 1 N–H and O–H groups in total. The van der Waals surface area contributed by atoms with Gasteiger partial charge in [-0.3, -0.25) is 0 Å². The maximum Gasteiger partial charge on any atom is 0.127 e. The number of hydrogen-bond donors (Lipinski definition) is 1. The highest BCUT2D eigenvalue weighted by Gasteiger charge is 2.27. The molecule has 0 radical (unpaired) electrons. The second kappa shape index (κ2) is 5.16. The minimum absolute atomic E-state index is 0.171. The summed E-state index contributed by atoms with van der Waals surface area (Å²) in [6, 6.07) is 13.3. The molecule has 0 amide bonds. The van der Waals surface area contributed by atoms with Gasteiger partial charge in [-0.25, -0.2) is 0 Å². The SMILES string of the molecule is OC1CC(c2ccc(Br)c(Cl)c2)Oc2ccccc21. The first-order chi connectivity index (χ1) is 9.15. The number of halogens is 2. The highest BCUT2D eigenvalue weighted by molar-refractivity contribution is 9.10. The molecular weight excluding hydrogens is 328 g/mol. The fourth-order valence-corrected chi connectivity index (χ4v) is 2.75. The maximum absolute atomic E-state index is 10.2. The lowest BCUT2D eigenvalue weighted by Gasteiger charge is -2.30. The van der Waals surface area contributed by atoms with Crippen molar-refractivity contribution >= 4 is 27.5 Å². The highest BCUT2D eigenvalue weighted by atomic mass is 79.9. The van der Waals surface area contributed by atoms with E-state index in [1.807, 2.05) is 42.5 Å². The van der Waals surface area contributed by atoms with Gasteiger partial charge >= 0.3 is 0 Å². The molecule has 0 fully saturated rings. The van der Waals surface area contributed by atoms with E-state index in [4.69, 9.17) is 16.3 Å². The molecule has 0 spiro atoms. The third kappa shape index (κ3) is 2.50. The second-order valence-electron chi connectivity index (χ2n) is 4.57. The van der Waals surface area contributed by atoms with Crippen molar-refractivity contribution in [2.75, 3.05) is 0 Å². The number of fused-ring (bicyclic) bond motifs is 1. The Morgan fingerprint density at radius 3 is 2.79 bits per heavy atom. The van der Waals surface area contributed by atoms with E-state index in [1.54, 1.807) is 0 Å². The van der Waals surface area contributed by atoms with Gasteiger partial charge in [-0.2, -0.15) is 0 Å². The first-order valence-corrected chi connectivity index (χ1v) is 7.21. The summed E-state index contributed by atoms with van der Waals surface area (Å²) >= 11 is 9.47. The Kier molecular flexibility index (Phi) is 3.52. The van der Waals surface area contributed by atoms with E-state index in [2.05, 4.69) is 15.9 Å². The summed E-state index contributed by atoms with van der Waals surface area (Å²) in [6.07, 6.45) is -0.137. The fourth-order valence-electron chi connectivity index (χ4n) is 2.31. The Labute approximate surface area is 125 Å². The van der Waals surface area contributed by atoms with Crippen LogP contribution in [0.5, 0.6) is 5.75 Å². The quantitative estimate of drug-likeness (QED) is 0.819. The zero-order valence-electron chi connectivity index (χ0n) is 10.0. The molecule has 0 bridgehead atoms. The van der Waals surface area contributed by atoms with Crippen LogP contribution in [-0.2, 0) is 0 Å². The van der Waals surface area contributed by atoms with Gasteiger partial charge in [-0.05, 0) is 39.7 Å². The zero-order valence-corrected chi connectivity index (χ0v) is 12.4. The van der Waals surface area contributed by atoms with Gasteiger partial charge in [-0.15, -0.1) is 0 Å². The average Bonchev–Trinajstić information content (AvgIpc) is 2.42. The minimum Gasteiger partial charge on any atom is -0.485 e. The van der Waals surface area contributed by atoms with E-state index in [9.17, 15) is 5.11 Å². The molecule has 98 valence electrons. The van der Waals surface area contributed by atoms with Crippen LogP contribution in [0.2, 0.25) is 5.02 Å². The molecule has 1 aliphatic rings. The number of benzene rings is 2. The Morgan fingerprint density at radius 1 is 1.21 bits per heavy atom. The highest BCUT2D eigenvalue weighted by Crippen LogP contribution is 2.41. The molecule has 19 heavy (non-hydrogen) atoms. The van der Waals surface area contributed by atoms with E-state index in [-0.39, 0.29) is 6.10 Å². The van der Waals surface area contributed by atoms with Crippen LogP contribution >= 0.6 is 27.5 Å². The second-order valence-corrected chi connectivity index (χ2v) is 5.83. The first kappa shape index (κ1) is 13.0. The largest absolute Gasteiger partial charge is 0.485 e. The summed E-state index contributed by atoms with van der Waals surface area (Å²) < 4.78 is 6.81. The number of rotatable bonds is 1. The number of para-hydroxylation sites is 1. The molecule has 0 aromatic heterocycles. The van der Waals surface area contributed by atoms with Crippen molar-refractivity contribution in [3.63, 3.8) is 0 Å². The van der Waals surface area contributed by atoms with Gasteiger partial charge in [0.1, 0.15) is 11.9 Å². The Morgan fingerprint density at radius 2 is 2.00 bits per heavy atom. The fraction of sp³-hybridized carbons (Fsp3) is 0.200. The van der Waals surface area contributed by atoms with Crippen molar-refractivity contribution in [2.24, 2.45) is 0 Å². The maximum atomic E-state index is 10.2. The molecule has 0 saturated heterocycles. The van der Waals surface area contributed by atoms with Crippen molar-refractivity contribution in [3.8, 4) is 5.75 Å². The predicted octanol–water partition coefficient (Wildman–Crippen LogP) is 4.66. The monoisotopic (exact) mass is 338 g/mol. The zero-order chi connectivity index (χ0) is 13.4. The molecule has 1 aliphatic heterocycles. The van der Waals surface area contributed by atoms with Crippen LogP contribution in [0.25, 0.3) is 0 Å². The van der Waals surface area contributed by atoms with E-state index in [0.29, 0.717) is 11.4 Å². The Hall–Kier alpha value is -1.03. The molecule has 4 heteroatoms. The van der Waals surface area contributed by atoms with Crippen LogP contribution in [0.4, 0.5) is 0 Å². The summed E-state index contributed by atoms with van der Waals surface area (Å²) in [6.45, 7) is 0. The van der Waals surface area contributed by atoms with E-state index in [1.165, 1.54) is 0 Å². The summed E-state index contributed by atoms with van der Waals surface area (Å²) in [5.74, 6) is 0.741. The Balaban J connectivity index is 1.94. The van der Waals surface area contributed by atoms with Crippen LogP contribution in [0, 0.1) is 0 Å². The third-order valence-corrected chi connectivity index (χ3v) is 4.53. The topological polar surface area (TPSA) is 29.5 Å². The summed E-state index contributed by atoms with van der Waals surface area (Å²) in [5.41, 5.74) is 1.82. The molecular formula is C15H12BrClO2. The molecule has 2 unspecified atom stereocenters. The molecule has 3 rings (SSSR count). The molecule has 1 heterocycles.